The van der Waals surface area contributed by atoms with Gasteiger partial charge >= 0.3 is 0 Å². The van der Waals surface area contributed by atoms with Crippen LogP contribution in [0.1, 0.15) is 39.0 Å². The van der Waals surface area contributed by atoms with Crippen molar-refractivity contribution in [1.29, 1.82) is 0 Å². The molecule has 0 aliphatic carbocycles. The highest BCUT2D eigenvalue weighted by atomic mass is 15.3. The van der Waals surface area contributed by atoms with E-state index >= 15 is 0 Å². The first-order valence-corrected chi connectivity index (χ1v) is 5.20. The van der Waals surface area contributed by atoms with Gasteiger partial charge in [0.25, 0.3) is 0 Å². The quantitative estimate of drug-likeness (QED) is 0.798. The van der Waals surface area contributed by atoms with E-state index in [0.717, 1.165) is 13.1 Å². The van der Waals surface area contributed by atoms with E-state index in [0.29, 0.717) is 0 Å². The Morgan fingerprint density at radius 2 is 2.07 bits per heavy atom. The van der Waals surface area contributed by atoms with Crippen LogP contribution in [-0.4, -0.2) is 16.8 Å². The number of hydrogen-bond donors (Lipinski definition) is 1. The lowest BCUT2D eigenvalue weighted by atomic mass is 9.89. The number of aromatic nitrogens is 2. The third-order valence-corrected chi connectivity index (χ3v) is 2.24. The molecule has 1 aromatic heterocycles. The van der Waals surface area contributed by atoms with Crippen molar-refractivity contribution >= 4 is 0 Å². The Kier molecular flexibility index (Phi) is 3.32. The highest BCUT2D eigenvalue weighted by molar-refractivity contribution is 5.23. The molecule has 3 heteroatoms. The van der Waals surface area contributed by atoms with Gasteiger partial charge in [-0.05, 0) is 14.0 Å². The van der Waals surface area contributed by atoms with E-state index in [1.807, 2.05) is 11.7 Å². The van der Waals surface area contributed by atoms with Crippen molar-refractivity contribution in [3.05, 3.63) is 17.5 Å². The van der Waals surface area contributed by atoms with Crippen LogP contribution >= 0.6 is 0 Å². The average molecular weight is 195 g/mol. The Hall–Kier alpha value is -0.830. The molecule has 80 valence electrons. The molecule has 0 aliphatic rings. The fourth-order valence-corrected chi connectivity index (χ4v) is 1.58. The molecule has 1 aromatic rings. The summed E-state index contributed by atoms with van der Waals surface area (Å²) in [6.45, 7) is 10.6. The minimum atomic E-state index is 0.132. The molecule has 14 heavy (non-hydrogen) atoms. The van der Waals surface area contributed by atoms with Gasteiger partial charge in [-0.25, -0.2) is 0 Å². The average Bonchev–Trinajstić information content (AvgIpc) is 2.48. The minimum absolute atomic E-state index is 0.132. The molecular formula is C11H21N3. The molecule has 1 rings (SSSR count). The Bertz CT molecular complexity index is 294. The normalized spacial score (nSPS) is 12.1. The fraction of sp³-hybridized carbons (Fsp3) is 0.727. The van der Waals surface area contributed by atoms with Gasteiger partial charge in [-0.15, -0.1) is 0 Å². The summed E-state index contributed by atoms with van der Waals surface area (Å²) < 4.78 is 2.01. The summed E-state index contributed by atoms with van der Waals surface area (Å²) in [4.78, 5) is 0. The van der Waals surface area contributed by atoms with Crippen molar-refractivity contribution in [2.24, 2.45) is 0 Å². The van der Waals surface area contributed by atoms with E-state index in [9.17, 15) is 0 Å². The minimum Gasteiger partial charge on any atom is -0.316 e. The summed E-state index contributed by atoms with van der Waals surface area (Å²) in [5.74, 6) is 0. The van der Waals surface area contributed by atoms with E-state index in [1.54, 1.807) is 0 Å². The van der Waals surface area contributed by atoms with Crippen LogP contribution in [0, 0.1) is 0 Å². The van der Waals surface area contributed by atoms with Gasteiger partial charge in [0, 0.05) is 30.3 Å². The molecule has 0 aliphatic heterocycles. The first kappa shape index (κ1) is 11.2. The van der Waals surface area contributed by atoms with E-state index in [2.05, 4.69) is 44.3 Å². The summed E-state index contributed by atoms with van der Waals surface area (Å²) in [6.07, 6.45) is 2.14. The van der Waals surface area contributed by atoms with Crippen molar-refractivity contribution in [2.45, 2.75) is 46.2 Å². The van der Waals surface area contributed by atoms with Gasteiger partial charge in [-0.1, -0.05) is 20.8 Å². The van der Waals surface area contributed by atoms with Gasteiger partial charge < -0.3 is 5.32 Å². The van der Waals surface area contributed by atoms with E-state index in [-0.39, 0.29) is 5.41 Å². The zero-order valence-corrected chi connectivity index (χ0v) is 9.89. The van der Waals surface area contributed by atoms with Crippen LogP contribution in [0.3, 0.4) is 0 Å². The van der Waals surface area contributed by atoms with Gasteiger partial charge in [0.2, 0.25) is 0 Å². The van der Waals surface area contributed by atoms with Gasteiger partial charge in [-0.2, -0.15) is 5.10 Å². The predicted molar refractivity (Wildman–Crippen MR) is 59.4 cm³/mol. The highest BCUT2D eigenvalue weighted by Crippen LogP contribution is 2.24. The lowest BCUT2D eigenvalue weighted by Gasteiger charge is -2.17. The predicted octanol–water partition coefficient (Wildman–Crippen LogP) is 1.92. The second-order valence-corrected chi connectivity index (χ2v) is 4.64. The van der Waals surface area contributed by atoms with Crippen molar-refractivity contribution in [1.82, 2.24) is 15.1 Å². The summed E-state index contributed by atoms with van der Waals surface area (Å²) in [6, 6.07) is 0. The fourth-order valence-electron chi connectivity index (χ4n) is 1.58. The van der Waals surface area contributed by atoms with Crippen LogP contribution in [0.4, 0.5) is 0 Å². The van der Waals surface area contributed by atoms with Crippen molar-refractivity contribution in [2.75, 3.05) is 7.05 Å². The smallest absolute Gasteiger partial charge is 0.0722 e. The molecular weight excluding hydrogens is 174 g/mol. The summed E-state index contributed by atoms with van der Waals surface area (Å²) in [5.41, 5.74) is 2.64. The van der Waals surface area contributed by atoms with Crippen LogP contribution in [-0.2, 0) is 18.5 Å². The first-order valence-electron chi connectivity index (χ1n) is 5.20. The summed E-state index contributed by atoms with van der Waals surface area (Å²) in [7, 11) is 1.97. The van der Waals surface area contributed by atoms with Crippen molar-refractivity contribution < 1.29 is 0 Å². The van der Waals surface area contributed by atoms with Crippen molar-refractivity contribution in [3.8, 4) is 0 Å². The van der Waals surface area contributed by atoms with Crippen LogP contribution in [0.5, 0.6) is 0 Å². The third-order valence-electron chi connectivity index (χ3n) is 2.24. The van der Waals surface area contributed by atoms with Crippen LogP contribution in [0.25, 0.3) is 0 Å². The maximum Gasteiger partial charge on any atom is 0.0722 e. The maximum atomic E-state index is 4.60. The molecule has 0 radical (unpaired) electrons. The molecule has 0 fully saturated rings. The van der Waals surface area contributed by atoms with Gasteiger partial charge in [0.1, 0.15) is 0 Å². The highest BCUT2D eigenvalue weighted by Gasteiger charge is 2.21. The van der Waals surface area contributed by atoms with Gasteiger partial charge in [0.15, 0.2) is 0 Å². The largest absolute Gasteiger partial charge is 0.316 e. The molecule has 0 aromatic carbocycles. The Morgan fingerprint density at radius 1 is 1.43 bits per heavy atom. The number of aryl methyl sites for hydroxylation is 1. The zero-order chi connectivity index (χ0) is 10.8. The van der Waals surface area contributed by atoms with Crippen LogP contribution < -0.4 is 5.32 Å². The zero-order valence-electron chi connectivity index (χ0n) is 9.89. The lowest BCUT2D eigenvalue weighted by molar-refractivity contribution is 0.536. The molecule has 0 atom stereocenters. The van der Waals surface area contributed by atoms with E-state index in [4.69, 9.17) is 0 Å². The maximum absolute atomic E-state index is 4.60. The van der Waals surface area contributed by atoms with Gasteiger partial charge in [0.05, 0.1) is 5.69 Å². The Balaban J connectivity index is 3.06. The molecule has 0 saturated carbocycles. The Labute approximate surface area is 86.5 Å². The van der Waals surface area contributed by atoms with Gasteiger partial charge in [-0.3, -0.25) is 4.68 Å². The number of hydrogen-bond acceptors (Lipinski definition) is 2. The third kappa shape index (κ3) is 2.35. The molecule has 3 nitrogen and oxygen atoms in total. The second-order valence-electron chi connectivity index (χ2n) is 4.64. The summed E-state index contributed by atoms with van der Waals surface area (Å²) >= 11 is 0. The molecule has 0 saturated heterocycles. The monoisotopic (exact) mass is 195 g/mol. The molecule has 0 amide bonds. The topological polar surface area (TPSA) is 29.9 Å². The summed E-state index contributed by atoms with van der Waals surface area (Å²) in [5, 5.41) is 7.78. The second kappa shape index (κ2) is 4.13. The van der Waals surface area contributed by atoms with Crippen LogP contribution in [0.2, 0.25) is 0 Å². The molecule has 1 heterocycles. The first-order chi connectivity index (χ1) is 6.49. The van der Waals surface area contributed by atoms with Crippen LogP contribution in [0.15, 0.2) is 6.20 Å². The number of nitrogens with one attached hydrogen (secondary N) is 1. The lowest BCUT2D eigenvalue weighted by Crippen LogP contribution is -2.17. The number of nitrogens with zero attached hydrogens (tertiary/aromatic N) is 2. The Morgan fingerprint density at radius 3 is 2.50 bits per heavy atom. The molecule has 0 bridgehead atoms. The van der Waals surface area contributed by atoms with Crippen molar-refractivity contribution in [3.63, 3.8) is 0 Å². The van der Waals surface area contributed by atoms with E-state index in [1.165, 1.54) is 11.3 Å². The standard InChI is InChI=1S/C11H21N3/c1-6-14-8-9(7-12-5)10(13-14)11(2,3)4/h8,12H,6-7H2,1-5H3. The molecule has 0 spiro atoms. The van der Waals surface area contributed by atoms with E-state index < -0.39 is 0 Å². The number of rotatable bonds is 3. The molecule has 0 unspecified atom stereocenters. The SMILES string of the molecule is CCn1cc(CNC)c(C(C)(C)C)n1. The molecule has 1 N–H and O–H groups in total.